The number of carbonyl (C=O) groups excluding carboxylic acids is 2. The predicted molar refractivity (Wildman–Crippen MR) is 126 cm³/mol. The van der Waals surface area contributed by atoms with Crippen LogP contribution in [0, 0.1) is 5.92 Å². The number of hydrogen-bond donors (Lipinski definition) is 3. The maximum absolute atomic E-state index is 12.9. The standard InChI is InChI=1S/C21H24N6O6S2/c1-11(12-5-3-2-4-6-12)17(30)22-15-18(31)27-16(20(32)33)13(10-35-19(15)27)7-8-34-21-23-24-25-26(21)9-14(28)29/h2-3,6,11,15,19H,4-5,7-10H2,1H3,(H,22,30)(H,28,29)(H,32,33)/t11?,15?,19-/m0/s1. The maximum Gasteiger partial charge on any atom is 0.352 e. The molecule has 1 aromatic rings. The normalized spacial score (nSPS) is 22.3. The van der Waals surface area contributed by atoms with Crippen LogP contribution in [0.3, 0.4) is 0 Å². The van der Waals surface area contributed by atoms with E-state index in [0.29, 0.717) is 35.1 Å². The minimum absolute atomic E-state index is 0.0526. The van der Waals surface area contributed by atoms with E-state index in [2.05, 4.69) is 20.8 Å². The van der Waals surface area contributed by atoms with Crippen LogP contribution in [0.2, 0.25) is 0 Å². The Hall–Kier alpha value is -3.13. The van der Waals surface area contributed by atoms with Crippen molar-refractivity contribution in [2.75, 3.05) is 11.5 Å². The first-order valence-electron chi connectivity index (χ1n) is 10.9. The van der Waals surface area contributed by atoms with Crippen LogP contribution in [0.4, 0.5) is 0 Å². The lowest BCUT2D eigenvalue weighted by Gasteiger charge is -2.49. The molecule has 0 bridgehead atoms. The van der Waals surface area contributed by atoms with Gasteiger partial charge in [0.25, 0.3) is 5.91 Å². The molecule has 35 heavy (non-hydrogen) atoms. The lowest BCUT2D eigenvalue weighted by molar-refractivity contribution is -0.151. The summed E-state index contributed by atoms with van der Waals surface area (Å²) in [5, 5.41) is 32.3. The number of carboxylic acid groups (broad SMARTS) is 2. The van der Waals surface area contributed by atoms with Gasteiger partial charge in [0.1, 0.15) is 23.7 Å². The number of rotatable bonds is 10. The van der Waals surface area contributed by atoms with Crippen molar-refractivity contribution in [1.29, 1.82) is 0 Å². The second-order valence-electron chi connectivity index (χ2n) is 8.18. The number of tetrazole rings is 1. The van der Waals surface area contributed by atoms with Gasteiger partial charge < -0.3 is 15.5 Å². The Morgan fingerprint density at radius 2 is 2.11 bits per heavy atom. The van der Waals surface area contributed by atoms with Crippen molar-refractivity contribution in [1.82, 2.24) is 30.4 Å². The number of aromatic nitrogens is 4. The second kappa shape index (κ2) is 10.6. The summed E-state index contributed by atoms with van der Waals surface area (Å²) in [5.74, 6) is -2.52. The van der Waals surface area contributed by atoms with Gasteiger partial charge in [0.15, 0.2) is 0 Å². The quantitative estimate of drug-likeness (QED) is 0.228. The maximum atomic E-state index is 12.9. The molecule has 1 aromatic heterocycles. The summed E-state index contributed by atoms with van der Waals surface area (Å²) in [4.78, 5) is 49.8. The van der Waals surface area contributed by atoms with Gasteiger partial charge >= 0.3 is 11.9 Å². The molecule has 3 atom stereocenters. The topological polar surface area (TPSA) is 168 Å². The number of fused-ring (bicyclic) bond motifs is 1. The minimum atomic E-state index is -1.20. The lowest BCUT2D eigenvalue weighted by atomic mass is 9.92. The number of amides is 2. The first kappa shape index (κ1) is 25.0. The molecule has 4 rings (SSSR count). The molecule has 2 aliphatic heterocycles. The SMILES string of the molecule is CC(C(=O)NC1C(=O)N2C(C(=O)O)=C(CCSc3nnnn3CC(=O)O)CS[C@@H]12)C1=CCC=CC1. The van der Waals surface area contributed by atoms with E-state index in [1.165, 1.54) is 28.4 Å². The van der Waals surface area contributed by atoms with E-state index in [4.69, 9.17) is 5.11 Å². The molecular weight excluding hydrogens is 496 g/mol. The molecule has 1 fully saturated rings. The van der Waals surface area contributed by atoms with Crippen molar-refractivity contribution in [2.45, 2.75) is 49.3 Å². The molecule has 0 spiro atoms. The van der Waals surface area contributed by atoms with Gasteiger partial charge in [-0.3, -0.25) is 19.3 Å². The van der Waals surface area contributed by atoms with Crippen molar-refractivity contribution in [2.24, 2.45) is 5.92 Å². The van der Waals surface area contributed by atoms with Gasteiger partial charge in [-0.15, -0.1) is 16.9 Å². The predicted octanol–water partition coefficient (Wildman–Crippen LogP) is 0.891. The van der Waals surface area contributed by atoms with Crippen LogP contribution in [0.5, 0.6) is 0 Å². The fourth-order valence-corrected chi connectivity index (χ4v) is 6.35. The van der Waals surface area contributed by atoms with Gasteiger partial charge in [-0.25, -0.2) is 9.48 Å². The van der Waals surface area contributed by atoms with Crippen molar-refractivity contribution in [3.8, 4) is 0 Å². The molecule has 1 aliphatic carbocycles. The van der Waals surface area contributed by atoms with Gasteiger partial charge in [0.05, 0.1) is 5.92 Å². The van der Waals surface area contributed by atoms with Gasteiger partial charge in [-0.2, -0.15) is 0 Å². The highest BCUT2D eigenvalue weighted by Crippen LogP contribution is 2.41. The molecule has 0 aromatic carbocycles. The molecule has 3 N–H and O–H groups in total. The summed E-state index contributed by atoms with van der Waals surface area (Å²) < 4.78 is 1.15. The Morgan fingerprint density at radius 1 is 1.31 bits per heavy atom. The minimum Gasteiger partial charge on any atom is -0.480 e. The monoisotopic (exact) mass is 520 g/mol. The zero-order valence-electron chi connectivity index (χ0n) is 18.8. The van der Waals surface area contributed by atoms with Crippen molar-refractivity contribution in [3.63, 3.8) is 0 Å². The number of nitrogens with one attached hydrogen (secondary N) is 1. The summed E-state index contributed by atoms with van der Waals surface area (Å²) in [7, 11) is 0. The zero-order valence-corrected chi connectivity index (χ0v) is 20.4. The number of hydrogen-bond acceptors (Lipinski definition) is 9. The number of carboxylic acids is 2. The van der Waals surface area contributed by atoms with Crippen LogP contribution in [0.15, 0.2) is 40.2 Å². The third kappa shape index (κ3) is 5.27. The Morgan fingerprint density at radius 3 is 2.80 bits per heavy atom. The molecule has 14 heteroatoms. The molecule has 2 unspecified atom stereocenters. The fourth-order valence-electron chi connectivity index (χ4n) is 4.09. The fraction of sp³-hybridized carbons (Fsp3) is 0.476. The summed E-state index contributed by atoms with van der Waals surface area (Å²) in [6.45, 7) is 1.43. The van der Waals surface area contributed by atoms with Crippen LogP contribution in [-0.4, -0.2) is 82.0 Å². The first-order chi connectivity index (χ1) is 16.8. The van der Waals surface area contributed by atoms with Crippen LogP contribution in [0.1, 0.15) is 26.2 Å². The van der Waals surface area contributed by atoms with E-state index in [0.717, 1.165) is 16.7 Å². The zero-order chi connectivity index (χ0) is 25.1. The molecule has 186 valence electrons. The average Bonchev–Trinajstić information content (AvgIpc) is 3.27. The largest absolute Gasteiger partial charge is 0.480 e. The van der Waals surface area contributed by atoms with Crippen LogP contribution < -0.4 is 5.32 Å². The number of carbonyl (C=O) groups is 4. The Balaban J connectivity index is 1.39. The van der Waals surface area contributed by atoms with Crippen molar-refractivity contribution in [3.05, 3.63) is 35.1 Å². The molecule has 2 amide bonds. The molecule has 12 nitrogen and oxygen atoms in total. The van der Waals surface area contributed by atoms with E-state index < -0.39 is 29.3 Å². The van der Waals surface area contributed by atoms with E-state index in [9.17, 15) is 24.3 Å². The van der Waals surface area contributed by atoms with Crippen LogP contribution in [-0.2, 0) is 25.7 Å². The highest BCUT2D eigenvalue weighted by atomic mass is 32.2. The Bertz CT molecular complexity index is 1150. The van der Waals surface area contributed by atoms with Gasteiger partial charge in [-0.05, 0) is 42.2 Å². The molecule has 0 radical (unpaired) electrons. The number of thioether (sulfide) groups is 2. The number of β-lactam (4-membered cyclic amide) rings is 1. The first-order valence-corrected chi connectivity index (χ1v) is 13.0. The van der Waals surface area contributed by atoms with E-state index in [1.54, 1.807) is 6.92 Å². The molecule has 0 saturated carbocycles. The highest BCUT2D eigenvalue weighted by molar-refractivity contribution is 8.00. The number of nitrogens with zero attached hydrogens (tertiary/aromatic N) is 5. The Kier molecular flexibility index (Phi) is 7.60. The smallest absolute Gasteiger partial charge is 0.352 e. The molecule has 3 aliphatic rings. The number of aliphatic carboxylic acids is 2. The summed E-state index contributed by atoms with van der Waals surface area (Å²) in [6.07, 6.45) is 7.91. The van der Waals surface area contributed by atoms with E-state index >= 15 is 0 Å². The van der Waals surface area contributed by atoms with Crippen LogP contribution >= 0.6 is 23.5 Å². The van der Waals surface area contributed by atoms with Crippen LogP contribution in [0.25, 0.3) is 0 Å². The Labute approximate surface area is 208 Å². The lowest BCUT2D eigenvalue weighted by Crippen LogP contribution is -2.70. The molecule has 3 heterocycles. The average molecular weight is 521 g/mol. The highest BCUT2D eigenvalue weighted by Gasteiger charge is 2.54. The van der Waals surface area contributed by atoms with Gasteiger partial charge in [0, 0.05) is 11.5 Å². The third-order valence-corrected chi connectivity index (χ3v) is 8.25. The summed E-state index contributed by atoms with van der Waals surface area (Å²) in [6, 6.07) is -0.763. The molecular formula is C21H24N6O6S2. The second-order valence-corrected chi connectivity index (χ2v) is 10.3. The third-order valence-electron chi connectivity index (χ3n) is 5.95. The van der Waals surface area contributed by atoms with Gasteiger partial charge in [0.2, 0.25) is 11.1 Å². The summed E-state index contributed by atoms with van der Waals surface area (Å²) >= 11 is 2.62. The van der Waals surface area contributed by atoms with Crippen molar-refractivity contribution < 1.29 is 29.4 Å². The van der Waals surface area contributed by atoms with Gasteiger partial charge in [-0.1, -0.05) is 35.6 Å². The number of allylic oxidation sites excluding steroid dienone is 3. The van der Waals surface area contributed by atoms with Crippen molar-refractivity contribution >= 4 is 47.3 Å². The molecule has 1 saturated heterocycles. The van der Waals surface area contributed by atoms with E-state index in [-0.39, 0.29) is 24.1 Å². The van der Waals surface area contributed by atoms with E-state index in [1.807, 2.05) is 18.2 Å². The summed E-state index contributed by atoms with van der Waals surface area (Å²) in [5.41, 5.74) is 1.54.